The highest BCUT2D eigenvalue weighted by Gasteiger charge is 2.30. The molecule has 0 radical (unpaired) electrons. The summed E-state index contributed by atoms with van der Waals surface area (Å²) in [6.45, 7) is 0. The van der Waals surface area contributed by atoms with Crippen LogP contribution >= 0.6 is 8.60 Å². The molecule has 0 aliphatic heterocycles. The maximum atomic E-state index is 7.38. The molecule has 3 nitrogen and oxygen atoms in total. The Morgan fingerprint density at radius 3 is 0.534 bits per heavy atom. The Kier molecular flexibility index (Phi) is 10.9. The van der Waals surface area contributed by atoms with Crippen LogP contribution in [0.4, 0.5) is 0 Å². The molecule has 9 rings (SSSR count). The molecular weight excluding hydrogens is 728 g/mol. The molecule has 0 amide bonds. The predicted octanol–water partition coefficient (Wildman–Crippen LogP) is 15.5. The van der Waals surface area contributed by atoms with Crippen molar-refractivity contribution in [2.24, 2.45) is 0 Å². The Morgan fingerprint density at radius 2 is 0.362 bits per heavy atom. The molecule has 0 aliphatic carbocycles. The molecule has 278 valence electrons. The Labute approximate surface area is 341 Å². The molecule has 4 heteroatoms. The first-order valence-corrected chi connectivity index (χ1v) is 20.5. The molecule has 0 saturated heterocycles. The molecule has 0 saturated carbocycles. The van der Waals surface area contributed by atoms with Gasteiger partial charge in [0, 0.05) is 33.4 Å². The number of hydrogen-bond donors (Lipinski definition) is 0. The number of rotatable bonds is 12. The number of benzene rings is 9. The zero-order valence-electron chi connectivity index (χ0n) is 31.7. The van der Waals surface area contributed by atoms with Crippen LogP contribution in [0.25, 0.3) is 66.8 Å². The molecule has 0 N–H and O–H groups in total. The zero-order valence-corrected chi connectivity index (χ0v) is 32.6. The molecule has 58 heavy (non-hydrogen) atoms. The summed E-state index contributed by atoms with van der Waals surface area (Å²) in [7, 11) is -2.23. The highest BCUT2D eigenvalue weighted by Crippen LogP contribution is 2.54. The first kappa shape index (κ1) is 36.4. The van der Waals surface area contributed by atoms with E-state index in [1.165, 1.54) is 0 Å². The molecule has 9 aromatic rings. The minimum Gasteiger partial charge on any atom is -0.407 e. The fourth-order valence-corrected chi connectivity index (χ4v) is 8.40. The molecule has 0 atom stereocenters. The van der Waals surface area contributed by atoms with Gasteiger partial charge in [-0.05, 0) is 33.4 Å². The van der Waals surface area contributed by atoms with Crippen molar-refractivity contribution >= 4 is 8.60 Å². The average Bonchev–Trinajstić information content (AvgIpc) is 3.31. The van der Waals surface area contributed by atoms with Gasteiger partial charge in [0.2, 0.25) is 0 Å². The maximum Gasteiger partial charge on any atom is 0.530 e. The first-order chi connectivity index (χ1) is 28.8. The standard InChI is InChI=1S/C54H39O3P/c1-7-22-40(23-8-1)46-34-19-35-47(41-24-9-2-10-25-41)52(46)55-58(56-53-48(42-26-11-3-12-27-42)36-20-37-49(53)43-28-13-4-14-29-43)57-54-50(44-30-15-5-16-31-44)38-21-39-51(54)45-32-17-6-18-33-45/h1-39H. The van der Waals surface area contributed by atoms with Gasteiger partial charge in [0.1, 0.15) is 17.2 Å². The third kappa shape index (κ3) is 7.90. The van der Waals surface area contributed by atoms with E-state index in [1.54, 1.807) is 0 Å². The van der Waals surface area contributed by atoms with Gasteiger partial charge in [-0.1, -0.05) is 237 Å². The summed E-state index contributed by atoms with van der Waals surface area (Å²) in [5.41, 5.74) is 11.7. The third-order valence-corrected chi connectivity index (χ3v) is 11.0. The average molecular weight is 767 g/mol. The molecule has 0 aliphatic rings. The predicted molar refractivity (Wildman–Crippen MR) is 241 cm³/mol. The Bertz CT molecular complexity index is 2250. The second-order valence-electron chi connectivity index (χ2n) is 13.7. The SMILES string of the molecule is c1ccc(-c2cccc(-c3ccccc3)c2OP(Oc2c(-c3ccccc3)cccc2-c2ccccc2)Oc2c(-c3ccccc3)cccc2-c2ccccc2)cc1. The number of para-hydroxylation sites is 3. The summed E-state index contributed by atoms with van der Waals surface area (Å²) >= 11 is 0. The summed E-state index contributed by atoms with van der Waals surface area (Å²) in [5.74, 6) is 2.01. The van der Waals surface area contributed by atoms with Crippen LogP contribution in [-0.2, 0) is 0 Å². The van der Waals surface area contributed by atoms with Crippen LogP contribution in [0.1, 0.15) is 0 Å². The molecule has 0 spiro atoms. The van der Waals surface area contributed by atoms with Crippen LogP contribution in [-0.4, -0.2) is 0 Å². The van der Waals surface area contributed by atoms with Crippen molar-refractivity contribution in [2.45, 2.75) is 0 Å². The van der Waals surface area contributed by atoms with E-state index in [0.717, 1.165) is 66.8 Å². The lowest BCUT2D eigenvalue weighted by Crippen LogP contribution is -2.07. The van der Waals surface area contributed by atoms with E-state index in [1.807, 2.05) is 36.4 Å². The van der Waals surface area contributed by atoms with Crippen LogP contribution in [0.5, 0.6) is 17.2 Å². The first-order valence-electron chi connectivity index (χ1n) is 19.4. The van der Waals surface area contributed by atoms with Crippen molar-refractivity contribution < 1.29 is 13.6 Å². The summed E-state index contributed by atoms with van der Waals surface area (Å²) in [6, 6.07) is 80.9. The van der Waals surface area contributed by atoms with Crippen molar-refractivity contribution in [3.05, 3.63) is 237 Å². The van der Waals surface area contributed by atoms with Gasteiger partial charge in [-0.25, -0.2) is 0 Å². The van der Waals surface area contributed by atoms with E-state index in [4.69, 9.17) is 13.6 Å². The zero-order chi connectivity index (χ0) is 38.9. The van der Waals surface area contributed by atoms with Gasteiger partial charge >= 0.3 is 8.60 Å². The van der Waals surface area contributed by atoms with E-state index in [9.17, 15) is 0 Å². The van der Waals surface area contributed by atoms with E-state index in [0.29, 0.717) is 17.2 Å². The lowest BCUT2D eigenvalue weighted by Gasteiger charge is -2.26. The molecule has 9 aromatic carbocycles. The van der Waals surface area contributed by atoms with Crippen LogP contribution < -0.4 is 13.6 Å². The molecule has 0 unspecified atom stereocenters. The number of hydrogen-bond acceptors (Lipinski definition) is 3. The molecule has 0 bridgehead atoms. The quantitative estimate of drug-likeness (QED) is 0.116. The maximum absolute atomic E-state index is 7.38. The fourth-order valence-electron chi connectivity index (χ4n) is 7.26. The summed E-state index contributed by atoms with van der Waals surface area (Å²) in [4.78, 5) is 0. The second kappa shape index (κ2) is 17.3. The normalized spacial score (nSPS) is 10.9. The lowest BCUT2D eigenvalue weighted by atomic mass is 9.97. The van der Waals surface area contributed by atoms with Crippen LogP contribution in [0.15, 0.2) is 237 Å². The van der Waals surface area contributed by atoms with E-state index in [-0.39, 0.29) is 0 Å². The lowest BCUT2D eigenvalue weighted by molar-refractivity contribution is 0.391. The van der Waals surface area contributed by atoms with Gasteiger partial charge < -0.3 is 13.6 Å². The molecule has 0 aromatic heterocycles. The van der Waals surface area contributed by atoms with Crippen LogP contribution in [0.3, 0.4) is 0 Å². The van der Waals surface area contributed by atoms with Gasteiger partial charge in [0.25, 0.3) is 0 Å². The third-order valence-electron chi connectivity index (χ3n) is 10.1. The fraction of sp³-hybridized carbons (Fsp3) is 0. The van der Waals surface area contributed by atoms with Crippen molar-refractivity contribution in [3.63, 3.8) is 0 Å². The summed E-state index contributed by atoms with van der Waals surface area (Å²) in [5, 5.41) is 0. The van der Waals surface area contributed by atoms with Crippen molar-refractivity contribution in [1.29, 1.82) is 0 Å². The minimum atomic E-state index is -2.23. The largest absolute Gasteiger partial charge is 0.530 e. The molecule has 0 heterocycles. The second-order valence-corrected chi connectivity index (χ2v) is 14.7. The van der Waals surface area contributed by atoms with E-state index in [2.05, 4.69) is 200 Å². The topological polar surface area (TPSA) is 27.7 Å². The van der Waals surface area contributed by atoms with Crippen molar-refractivity contribution in [1.82, 2.24) is 0 Å². The van der Waals surface area contributed by atoms with Crippen LogP contribution in [0.2, 0.25) is 0 Å². The van der Waals surface area contributed by atoms with E-state index < -0.39 is 8.60 Å². The summed E-state index contributed by atoms with van der Waals surface area (Å²) in [6.07, 6.45) is 0. The van der Waals surface area contributed by atoms with Gasteiger partial charge in [0.15, 0.2) is 0 Å². The Balaban J connectivity index is 1.28. The van der Waals surface area contributed by atoms with Crippen molar-refractivity contribution in [3.8, 4) is 84.0 Å². The van der Waals surface area contributed by atoms with Gasteiger partial charge in [0.05, 0.1) is 0 Å². The highest BCUT2D eigenvalue weighted by molar-refractivity contribution is 7.43. The Morgan fingerprint density at radius 1 is 0.190 bits per heavy atom. The highest BCUT2D eigenvalue weighted by atomic mass is 31.2. The molecular formula is C54H39O3P. The monoisotopic (exact) mass is 766 g/mol. The minimum absolute atomic E-state index is 0.669. The van der Waals surface area contributed by atoms with Crippen LogP contribution in [0, 0.1) is 0 Å². The van der Waals surface area contributed by atoms with Crippen molar-refractivity contribution in [2.75, 3.05) is 0 Å². The smallest absolute Gasteiger partial charge is 0.407 e. The van der Waals surface area contributed by atoms with Gasteiger partial charge in [-0.3, -0.25) is 0 Å². The van der Waals surface area contributed by atoms with Gasteiger partial charge in [-0.15, -0.1) is 0 Å². The Hall–Kier alpha value is -7.19. The van der Waals surface area contributed by atoms with E-state index >= 15 is 0 Å². The van der Waals surface area contributed by atoms with Gasteiger partial charge in [-0.2, -0.15) is 0 Å². The molecule has 0 fully saturated rings. The summed E-state index contributed by atoms with van der Waals surface area (Å²) < 4.78 is 22.1.